The number of nitrogens with one attached hydrogen (secondary N) is 1. The molecule has 5 aliphatic carbocycles. The van der Waals surface area contributed by atoms with Crippen molar-refractivity contribution in [3.05, 3.63) is 70.5 Å². The predicted molar refractivity (Wildman–Crippen MR) is 184 cm³/mol. The third-order valence-corrected chi connectivity index (χ3v) is 15.3. The van der Waals surface area contributed by atoms with E-state index in [4.69, 9.17) is 0 Å². The molecule has 2 aromatic rings. The van der Waals surface area contributed by atoms with Gasteiger partial charge in [0, 0.05) is 17.7 Å². The minimum absolute atomic E-state index is 0.0304. The summed E-state index contributed by atoms with van der Waals surface area (Å²) in [6.07, 6.45) is 12.7. The molecule has 9 atom stereocenters. The molecular formula is C42H56FNO3. The normalized spacial score (nSPS) is 38.8. The number of hydrogen-bond acceptors (Lipinski definition) is 3. The first kappa shape index (κ1) is 33.0. The molecule has 0 aromatic heterocycles. The highest BCUT2D eigenvalue weighted by atomic mass is 19.1. The number of benzene rings is 2. The average Bonchev–Trinajstić information content (AvgIpc) is 3.49. The molecule has 7 rings (SSSR count). The first-order chi connectivity index (χ1) is 22.3. The Morgan fingerprint density at radius 1 is 0.809 bits per heavy atom. The maximum absolute atomic E-state index is 15.0. The van der Waals surface area contributed by atoms with Gasteiger partial charge in [-0.3, -0.25) is 9.59 Å². The molecule has 0 heterocycles. The van der Waals surface area contributed by atoms with E-state index in [1.807, 2.05) is 36.4 Å². The summed E-state index contributed by atoms with van der Waals surface area (Å²) in [4.78, 5) is 25.9. The number of ketones is 1. The van der Waals surface area contributed by atoms with Gasteiger partial charge in [0.05, 0.1) is 11.5 Å². The van der Waals surface area contributed by atoms with E-state index in [9.17, 15) is 14.7 Å². The van der Waals surface area contributed by atoms with Crippen LogP contribution >= 0.6 is 0 Å². The molecule has 5 fully saturated rings. The van der Waals surface area contributed by atoms with Crippen molar-refractivity contribution in [2.45, 2.75) is 124 Å². The summed E-state index contributed by atoms with van der Waals surface area (Å²) < 4.78 is 15.0. The molecule has 0 radical (unpaired) electrons. The smallest absolute Gasteiger partial charge is 0.226 e. The Kier molecular flexibility index (Phi) is 8.29. The maximum Gasteiger partial charge on any atom is 0.226 e. The molecule has 254 valence electrons. The minimum atomic E-state index is -0.324. The van der Waals surface area contributed by atoms with Crippen LogP contribution in [0.5, 0.6) is 0 Å². The maximum atomic E-state index is 15.0. The number of amides is 1. The van der Waals surface area contributed by atoms with E-state index in [1.165, 1.54) is 31.7 Å². The second kappa shape index (κ2) is 11.8. The summed E-state index contributed by atoms with van der Waals surface area (Å²) in [5, 5.41) is 14.2. The Hall–Kier alpha value is -2.53. The zero-order chi connectivity index (χ0) is 33.4. The molecule has 4 nitrogen and oxygen atoms in total. The van der Waals surface area contributed by atoms with E-state index in [2.05, 4.69) is 33.0 Å². The van der Waals surface area contributed by atoms with Crippen LogP contribution in [0.15, 0.2) is 42.5 Å². The monoisotopic (exact) mass is 641 g/mol. The quantitative estimate of drug-likeness (QED) is 0.309. The lowest BCUT2D eigenvalue weighted by atomic mass is 9.36. The summed E-state index contributed by atoms with van der Waals surface area (Å²) in [5.41, 5.74) is 3.51. The van der Waals surface area contributed by atoms with Gasteiger partial charge in [-0.1, -0.05) is 70.5 Å². The van der Waals surface area contributed by atoms with E-state index in [1.54, 1.807) is 6.92 Å². The highest BCUT2D eigenvalue weighted by Gasteiger charge is 2.67. The Labute approximate surface area is 281 Å². The van der Waals surface area contributed by atoms with Crippen LogP contribution in [0.3, 0.4) is 0 Å². The zero-order valence-electron chi connectivity index (χ0n) is 29.3. The van der Waals surface area contributed by atoms with Crippen molar-refractivity contribution in [1.82, 2.24) is 5.32 Å². The van der Waals surface area contributed by atoms with Crippen molar-refractivity contribution in [3.63, 3.8) is 0 Å². The molecule has 2 aromatic carbocycles. The summed E-state index contributed by atoms with van der Waals surface area (Å²) >= 11 is 0. The van der Waals surface area contributed by atoms with Crippen molar-refractivity contribution >= 4 is 11.7 Å². The lowest BCUT2D eigenvalue weighted by Crippen LogP contribution is -2.63. The molecule has 47 heavy (non-hydrogen) atoms. The van der Waals surface area contributed by atoms with Crippen molar-refractivity contribution in [2.75, 3.05) is 0 Å². The van der Waals surface area contributed by atoms with Gasteiger partial charge in [-0.05, 0) is 141 Å². The third-order valence-electron chi connectivity index (χ3n) is 15.3. The Morgan fingerprint density at radius 2 is 1.53 bits per heavy atom. The van der Waals surface area contributed by atoms with Gasteiger partial charge in [0.2, 0.25) is 5.91 Å². The highest BCUT2D eigenvalue weighted by molar-refractivity contribution is 5.94. The van der Waals surface area contributed by atoms with Gasteiger partial charge in [-0.15, -0.1) is 0 Å². The SMILES string of the molecule is CC(=O)c1ccc(Cc2ccc(F)c(CNC(=O)C34CCCC3C3CCC5C(C)(CCC6C(C)(C)C(O)CCC65C)C3CC4)c2)cc1. The van der Waals surface area contributed by atoms with Crippen LogP contribution in [0.25, 0.3) is 0 Å². The highest BCUT2D eigenvalue weighted by Crippen LogP contribution is 2.73. The van der Waals surface area contributed by atoms with Gasteiger partial charge < -0.3 is 10.4 Å². The van der Waals surface area contributed by atoms with Gasteiger partial charge in [0.1, 0.15) is 5.82 Å². The standard InChI is InChI=1S/C42H56FNO3/c1-26(45)29-11-8-27(9-12-29)23-28-10-14-34(43)30(24-28)25-44-38(47)42-19-6-7-33(42)31-13-15-36-40(4,32(31)16-22-42)20-17-35-39(2,3)37(46)18-21-41(35,36)5/h8-12,14,24,31-33,35-37,46H,6-7,13,15-23,25H2,1-5H3,(H,44,47). The van der Waals surface area contributed by atoms with E-state index < -0.39 is 0 Å². The van der Waals surface area contributed by atoms with E-state index >= 15 is 4.39 Å². The molecule has 1 amide bonds. The second-order valence-electron chi connectivity index (χ2n) is 17.6. The summed E-state index contributed by atoms with van der Waals surface area (Å²) in [7, 11) is 0. The fraction of sp³-hybridized carbons (Fsp3) is 0.667. The fourth-order valence-electron chi connectivity index (χ4n) is 12.9. The number of carbonyl (C=O) groups excluding carboxylic acids is 2. The average molecular weight is 642 g/mol. The van der Waals surface area contributed by atoms with Crippen molar-refractivity contribution < 1.29 is 19.1 Å². The van der Waals surface area contributed by atoms with Crippen LogP contribution in [0.2, 0.25) is 0 Å². The molecule has 0 saturated heterocycles. The molecule has 5 aliphatic rings. The van der Waals surface area contributed by atoms with Crippen molar-refractivity contribution in [1.29, 1.82) is 0 Å². The first-order valence-corrected chi connectivity index (χ1v) is 18.6. The zero-order valence-corrected chi connectivity index (χ0v) is 29.3. The lowest BCUT2D eigenvalue weighted by molar-refractivity contribution is -0.214. The molecule has 0 spiro atoms. The number of aliphatic hydroxyl groups excluding tert-OH is 1. The van der Waals surface area contributed by atoms with Gasteiger partial charge in [0.15, 0.2) is 5.78 Å². The Morgan fingerprint density at radius 3 is 2.28 bits per heavy atom. The molecule has 5 heteroatoms. The second-order valence-corrected chi connectivity index (χ2v) is 17.6. The molecule has 0 bridgehead atoms. The number of carbonyl (C=O) groups is 2. The van der Waals surface area contributed by atoms with Crippen LogP contribution in [0.1, 0.15) is 132 Å². The Balaban J connectivity index is 1.05. The van der Waals surface area contributed by atoms with Crippen LogP contribution in [-0.4, -0.2) is 22.9 Å². The van der Waals surface area contributed by atoms with E-state index in [-0.39, 0.29) is 46.4 Å². The van der Waals surface area contributed by atoms with Gasteiger partial charge in [0.25, 0.3) is 0 Å². The van der Waals surface area contributed by atoms with Crippen LogP contribution in [0, 0.1) is 57.1 Å². The summed E-state index contributed by atoms with van der Waals surface area (Å²) in [5.74, 6) is 2.84. The number of rotatable bonds is 6. The number of fused-ring (bicyclic) bond motifs is 7. The molecular weight excluding hydrogens is 585 g/mol. The fourth-order valence-corrected chi connectivity index (χ4v) is 12.9. The van der Waals surface area contributed by atoms with Crippen LogP contribution < -0.4 is 5.32 Å². The predicted octanol–water partition coefficient (Wildman–Crippen LogP) is 9.06. The molecule has 0 aliphatic heterocycles. The van der Waals surface area contributed by atoms with Gasteiger partial charge in [-0.2, -0.15) is 0 Å². The number of Topliss-reactive ketones (excluding diaryl/α,β-unsaturated/α-hetero) is 1. The van der Waals surface area contributed by atoms with Crippen LogP contribution in [0.4, 0.5) is 4.39 Å². The van der Waals surface area contributed by atoms with Gasteiger partial charge >= 0.3 is 0 Å². The largest absolute Gasteiger partial charge is 0.393 e. The number of halogens is 1. The molecule has 5 saturated carbocycles. The summed E-state index contributed by atoms with van der Waals surface area (Å²) in [6.45, 7) is 11.6. The number of hydrogen-bond donors (Lipinski definition) is 2. The van der Waals surface area contributed by atoms with Crippen molar-refractivity contribution in [2.24, 2.45) is 51.2 Å². The molecule has 2 N–H and O–H groups in total. The van der Waals surface area contributed by atoms with Crippen molar-refractivity contribution in [3.8, 4) is 0 Å². The minimum Gasteiger partial charge on any atom is -0.393 e. The van der Waals surface area contributed by atoms with Gasteiger partial charge in [-0.25, -0.2) is 4.39 Å². The number of aliphatic hydroxyl groups is 1. The van der Waals surface area contributed by atoms with E-state index in [0.717, 1.165) is 56.1 Å². The third kappa shape index (κ3) is 5.24. The first-order valence-electron chi connectivity index (χ1n) is 18.6. The van der Waals surface area contributed by atoms with E-state index in [0.29, 0.717) is 52.6 Å². The summed E-state index contributed by atoms with van der Waals surface area (Å²) in [6, 6.07) is 12.8. The molecule has 9 unspecified atom stereocenters. The topological polar surface area (TPSA) is 66.4 Å². The van der Waals surface area contributed by atoms with Crippen LogP contribution in [-0.2, 0) is 17.8 Å². The lowest BCUT2D eigenvalue weighted by Gasteiger charge is -2.69. The Bertz CT molecular complexity index is 1530.